The first-order chi connectivity index (χ1) is 17.8. The molecule has 1 fully saturated rings. The van der Waals surface area contributed by atoms with Crippen molar-refractivity contribution in [3.05, 3.63) is 77.9 Å². The molecule has 1 saturated heterocycles. The molecule has 1 aromatic heterocycles. The molecule has 4 rings (SSSR count). The fourth-order valence-corrected chi connectivity index (χ4v) is 4.62. The average Bonchev–Trinajstić information content (AvgIpc) is 2.92. The SMILES string of the molecule is Cc1ccc(-c2ccc(N3CCN(C(=O)CN(C(=O)CC(C)C)[C@@H](C)c4ccccc4)CC3)nn2)cc1. The predicted octanol–water partition coefficient (Wildman–Crippen LogP) is 4.74. The summed E-state index contributed by atoms with van der Waals surface area (Å²) in [4.78, 5) is 32.1. The van der Waals surface area contributed by atoms with E-state index in [0.717, 1.165) is 22.6 Å². The van der Waals surface area contributed by atoms with E-state index in [1.165, 1.54) is 5.56 Å². The van der Waals surface area contributed by atoms with Crippen LogP contribution in [0, 0.1) is 12.8 Å². The summed E-state index contributed by atoms with van der Waals surface area (Å²) in [6, 6.07) is 22.0. The van der Waals surface area contributed by atoms with E-state index in [0.29, 0.717) is 32.6 Å². The van der Waals surface area contributed by atoms with Crippen LogP contribution in [0.4, 0.5) is 5.82 Å². The number of piperazine rings is 1. The molecule has 0 bridgehead atoms. The Kier molecular flexibility index (Phi) is 8.54. The highest BCUT2D eigenvalue weighted by Crippen LogP contribution is 2.23. The number of carbonyl (C=O) groups excluding carboxylic acids is 2. The third kappa shape index (κ3) is 6.73. The van der Waals surface area contributed by atoms with E-state index in [4.69, 9.17) is 0 Å². The Balaban J connectivity index is 1.37. The number of nitrogens with zero attached hydrogens (tertiary/aromatic N) is 5. The van der Waals surface area contributed by atoms with Crippen LogP contribution in [0.5, 0.6) is 0 Å². The van der Waals surface area contributed by atoms with Crippen LogP contribution in [0.25, 0.3) is 11.3 Å². The van der Waals surface area contributed by atoms with E-state index < -0.39 is 0 Å². The van der Waals surface area contributed by atoms with Gasteiger partial charge in [-0.05, 0) is 37.5 Å². The quantitative estimate of drug-likeness (QED) is 0.448. The second-order valence-electron chi connectivity index (χ2n) is 10.2. The lowest BCUT2D eigenvalue weighted by molar-refractivity contribution is -0.143. The largest absolute Gasteiger partial charge is 0.352 e. The highest BCUT2D eigenvalue weighted by molar-refractivity contribution is 5.85. The second kappa shape index (κ2) is 12.0. The molecule has 0 saturated carbocycles. The van der Waals surface area contributed by atoms with E-state index in [9.17, 15) is 9.59 Å². The molecule has 0 N–H and O–H groups in total. The summed E-state index contributed by atoms with van der Waals surface area (Å²) in [5.74, 6) is 1.05. The van der Waals surface area contributed by atoms with Crippen LogP contribution in [0.2, 0.25) is 0 Å². The van der Waals surface area contributed by atoms with Crippen LogP contribution < -0.4 is 4.90 Å². The molecule has 1 aliphatic rings. The lowest BCUT2D eigenvalue weighted by Crippen LogP contribution is -2.52. The minimum Gasteiger partial charge on any atom is -0.352 e. The van der Waals surface area contributed by atoms with Crippen molar-refractivity contribution in [3.63, 3.8) is 0 Å². The zero-order chi connectivity index (χ0) is 26.4. The third-order valence-electron chi connectivity index (χ3n) is 6.91. The minimum absolute atomic E-state index is 0.0136. The fourth-order valence-electron chi connectivity index (χ4n) is 4.62. The maximum Gasteiger partial charge on any atom is 0.242 e. The van der Waals surface area contributed by atoms with Crippen molar-refractivity contribution in [1.82, 2.24) is 20.0 Å². The highest BCUT2D eigenvalue weighted by atomic mass is 16.2. The summed E-state index contributed by atoms with van der Waals surface area (Å²) in [7, 11) is 0. The molecule has 2 aromatic carbocycles. The Hall–Kier alpha value is -3.74. The van der Waals surface area contributed by atoms with Gasteiger partial charge in [-0.1, -0.05) is 74.0 Å². The first-order valence-corrected chi connectivity index (χ1v) is 13.1. The van der Waals surface area contributed by atoms with Gasteiger partial charge in [0, 0.05) is 38.2 Å². The minimum atomic E-state index is -0.167. The van der Waals surface area contributed by atoms with Crippen molar-refractivity contribution in [3.8, 4) is 11.3 Å². The first kappa shape index (κ1) is 26.3. The van der Waals surface area contributed by atoms with Gasteiger partial charge in [0.05, 0.1) is 11.7 Å². The number of hydrogen-bond donors (Lipinski definition) is 0. The summed E-state index contributed by atoms with van der Waals surface area (Å²) in [5, 5.41) is 8.87. The molecule has 0 aliphatic carbocycles. The van der Waals surface area contributed by atoms with Crippen molar-refractivity contribution in [1.29, 1.82) is 0 Å². The van der Waals surface area contributed by atoms with Crippen molar-refractivity contribution >= 4 is 17.6 Å². The molecule has 1 atom stereocenters. The van der Waals surface area contributed by atoms with Crippen LogP contribution in [0.1, 0.15) is 44.4 Å². The van der Waals surface area contributed by atoms with E-state index in [-0.39, 0.29) is 30.3 Å². The highest BCUT2D eigenvalue weighted by Gasteiger charge is 2.28. The van der Waals surface area contributed by atoms with Gasteiger partial charge in [-0.3, -0.25) is 9.59 Å². The smallest absolute Gasteiger partial charge is 0.242 e. The lowest BCUT2D eigenvalue weighted by atomic mass is 10.0. The molecule has 3 aromatic rings. The van der Waals surface area contributed by atoms with E-state index >= 15 is 0 Å². The fraction of sp³-hybridized carbons (Fsp3) is 0.400. The van der Waals surface area contributed by atoms with Gasteiger partial charge in [0.1, 0.15) is 6.54 Å². The lowest BCUT2D eigenvalue weighted by Gasteiger charge is -2.37. The molecule has 37 heavy (non-hydrogen) atoms. The molecule has 0 spiro atoms. The number of anilines is 1. The van der Waals surface area contributed by atoms with Gasteiger partial charge in [-0.2, -0.15) is 0 Å². The molecule has 0 radical (unpaired) electrons. The second-order valence-corrected chi connectivity index (χ2v) is 10.2. The summed E-state index contributed by atoms with van der Waals surface area (Å²) < 4.78 is 0. The maximum absolute atomic E-state index is 13.3. The predicted molar refractivity (Wildman–Crippen MR) is 147 cm³/mol. The molecular formula is C30H37N5O2. The number of benzene rings is 2. The number of aryl methyl sites for hydroxylation is 1. The number of aromatic nitrogens is 2. The van der Waals surface area contributed by atoms with Gasteiger partial charge in [0.15, 0.2) is 5.82 Å². The van der Waals surface area contributed by atoms with E-state index in [1.54, 1.807) is 4.90 Å². The van der Waals surface area contributed by atoms with Gasteiger partial charge in [0.25, 0.3) is 0 Å². The number of hydrogen-bond acceptors (Lipinski definition) is 5. The molecule has 2 heterocycles. The zero-order valence-corrected chi connectivity index (χ0v) is 22.3. The van der Waals surface area contributed by atoms with Gasteiger partial charge >= 0.3 is 0 Å². The van der Waals surface area contributed by atoms with Gasteiger partial charge in [0.2, 0.25) is 11.8 Å². The van der Waals surface area contributed by atoms with Crippen LogP contribution in [0.15, 0.2) is 66.7 Å². The topological polar surface area (TPSA) is 69.6 Å². The number of amides is 2. The monoisotopic (exact) mass is 499 g/mol. The Morgan fingerprint density at radius 1 is 0.865 bits per heavy atom. The van der Waals surface area contributed by atoms with Gasteiger partial charge in [-0.25, -0.2) is 0 Å². The van der Waals surface area contributed by atoms with Gasteiger partial charge < -0.3 is 14.7 Å². The summed E-state index contributed by atoms with van der Waals surface area (Å²) in [6.45, 7) is 10.7. The van der Waals surface area contributed by atoms with Crippen LogP contribution in [-0.4, -0.2) is 64.5 Å². The van der Waals surface area contributed by atoms with Crippen molar-refractivity contribution in [2.75, 3.05) is 37.6 Å². The third-order valence-corrected chi connectivity index (χ3v) is 6.91. The Morgan fingerprint density at radius 2 is 1.54 bits per heavy atom. The van der Waals surface area contributed by atoms with E-state index in [2.05, 4.69) is 46.3 Å². The molecular weight excluding hydrogens is 462 g/mol. The van der Waals surface area contributed by atoms with Crippen LogP contribution >= 0.6 is 0 Å². The molecule has 7 heteroatoms. The standard InChI is InChI=1S/C30H37N5O2/c1-22(2)20-29(36)35(24(4)25-8-6-5-7-9-25)21-30(37)34-18-16-33(17-19-34)28-15-14-27(31-32-28)26-12-10-23(3)11-13-26/h5-15,22,24H,16-21H2,1-4H3/t24-/m0/s1. The Labute approximate surface area is 220 Å². The average molecular weight is 500 g/mol. The molecule has 7 nitrogen and oxygen atoms in total. The molecule has 2 amide bonds. The summed E-state index contributed by atoms with van der Waals surface area (Å²) in [6.07, 6.45) is 0.426. The zero-order valence-electron chi connectivity index (χ0n) is 22.3. The molecule has 0 unspecified atom stereocenters. The van der Waals surface area contributed by atoms with Crippen molar-refractivity contribution < 1.29 is 9.59 Å². The Bertz CT molecular complexity index is 1170. The van der Waals surface area contributed by atoms with E-state index in [1.807, 2.05) is 68.1 Å². The summed E-state index contributed by atoms with van der Waals surface area (Å²) in [5.41, 5.74) is 4.13. The van der Waals surface area contributed by atoms with Crippen molar-refractivity contribution in [2.45, 2.75) is 40.2 Å². The molecule has 1 aliphatic heterocycles. The van der Waals surface area contributed by atoms with Gasteiger partial charge in [-0.15, -0.1) is 10.2 Å². The normalized spacial score (nSPS) is 14.5. The summed E-state index contributed by atoms with van der Waals surface area (Å²) >= 11 is 0. The van der Waals surface area contributed by atoms with Crippen LogP contribution in [0.3, 0.4) is 0 Å². The first-order valence-electron chi connectivity index (χ1n) is 13.1. The Morgan fingerprint density at radius 3 is 2.14 bits per heavy atom. The number of rotatable bonds is 8. The molecule has 194 valence electrons. The maximum atomic E-state index is 13.3. The van der Waals surface area contributed by atoms with Crippen molar-refractivity contribution in [2.24, 2.45) is 5.92 Å². The number of carbonyl (C=O) groups is 2. The van der Waals surface area contributed by atoms with Crippen LogP contribution in [-0.2, 0) is 9.59 Å².